The molecule has 2 rings (SSSR count). The van der Waals surface area contributed by atoms with Crippen molar-refractivity contribution < 1.29 is 9.53 Å². The van der Waals surface area contributed by atoms with Crippen molar-refractivity contribution in [2.24, 2.45) is 0 Å². The largest absolute Gasteiger partial charge is 0.484 e. The summed E-state index contributed by atoms with van der Waals surface area (Å²) >= 11 is 9.18. The topological polar surface area (TPSA) is 38.3 Å². The van der Waals surface area contributed by atoms with Crippen LogP contribution in [0.3, 0.4) is 0 Å². The summed E-state index contributed by atoms with van der Waals surface area (Å²) in [7, 11) is 0. The molecule has 1 N–H and O–H groups in total. The summed E-state index contributed by atoms with van der Waals surface area (Å²) in [4.78, 5) is 11.7. The van der Waals surface area contributed by atoms with E-state index in [2.05, 4.69) is 21.2 Å². The number of carbonyl (C=O) groups is 1. The second-order valence-corrected chi connectivity index (χ2v) is 6.17. The fourth-order valence-corrected chi connectivity index (χ4v) is 2.29. The van der Waals surface area contributed by atoms with Gasteiger partial charge in [0.1, 0.15) is 5.75 Å². The van der Waals surface area contributed by atoms with Crippen molar-refractivity contribution in [2.45, 2.75) is 12.8 Å². The van der Waals surface area contributed by atoms with E-state index in [1.165, 1.54) is 5.56 Å². The maximum Gasteiger partial charge on any atom is 0.257 e. The number of halogens is 2. The lowest BCUT2D eigenvalue weighted by atomic mass is 10.1. The van der Waals surface area contributed by atoms with Crippen molar-refractivity contribution >= 4 is 33.4 Å². The van der Waals surface area contributed by atoms with Crippen LogP contribution in [0.2, 0.25) is 5.02 Å². The Kier molecular flexibility index (Phi) is 6.74. The summed E-state index contributed by atoms with van der Waals surface area (Å²) in [6.45, 7) is 0.660. The van der Waals surface area contributed by atoms with Crippen molar-refractivity contribution in [3.63, 3.8) is 0 Å². The molecule has 0 unspecified atom stereocenters. The summed E-state index contributed by atoms with van der Waals surface area (Å²) in [6.07, 6.45) is 1.79. The SMILES string of the molecule is O=C(COc1ccc(Br)cc1)NCCCc1ccc(Cl)cc1. The molecule has 0 aliphatic carbocycles. The molecular formula is C17H17BrClNO2. The van der Waals surface area contributed by atoms with E-state index >= 15 is 0 Å². The number of ether oxygens (including phenoxy) is 1. The Morgan fingerprint density at radius 2 is 1.77 bits per heavy atom. The average molecular weight is 383 g/mol. The van der Waals surface area contributed by atoms with E-state index in [0.717, 1.165) is 22.3 Å². The monoisotopic (exact) mass is 381 g/mol. The van der Waals surface area contributed by atoms with Gasteiger partial charge in [-0.25, -0.2) is 0 Å². The highest BCUT2D eigenvalue weighted by Crippen LogP contribution is 2.15. The summed E-state index contributed by atoms with van der Waals surface area (Å²) < 4.78 is 6.38. The zero-order valence-electron chi connectivity index (χ0n) is 12.0. The Morgan fingerprint density at radius 1 is 1.09 bits per heavy atom. The third-order valence-corrected chi connectivity index (χ3v) is 3.84. The lowest BCUT2D eigenvalue weighted by Crippen LogP contribution is -2.29. The van der Waals surface area contributed by atoms with Crippen LogP contribution in [0.5, 0.6) is 5.75 Å². The first-order chi connectivity index (χ1) is 10.6. The van der Waals surface area contributed by atoms with Gasteiger partial charge in [-0.15, -0.1) is 0 Å². The minimum Gasteiger partial charge on any atom is -0.484 e. The van der Waals surface area contributed by atoms with E-state index in [4.69, 9.17) is 16.3 Å². The smallest absolute Gasteiger partial charge is 0.257 e. The van der Waals surface area contributed by atoms with Crippen LogP contribution in [0.4, 0.5) is 0 Å². The molecule has 0 saturated carbocycles. The Labute approximate surface area is 143 Å². The maximum atomic E-state index is 11.7. The lowest BCUT2D eigenvalue weighted by Gasteiger charge is -2.07. The molecule has 0 bridgehead atoms. The third-order valence-electron chi connectivity index (χ3n) is 3.06. The molecule has 0 spiro atoms. The molecule has 1 amide bonds. The maximum absolute atomic E-state index is 11.7. The second-order valence-electron chi connectivity index (χ2n) is 4.82. The van der Waals surface area contributed by atoms with Gasteiger partial charge in [-0.1, -0.05) is 39.7 Å². The van der Waals surface area contributed by atoms with Crippen molar-refractivity contribution in [1.29, 1.82) is 0 Å². The average Bonchev–Trinajstić information content (AvgIpc) is 2.53. The summed E-state index contributed by atoms with van der Waals surface area (Å²) in [5, 5.41) is 3.58. The highest BCUT2D eigenvalue weighted by Gasteiger charge is 2.02. The molecular weight excluding hydrogens is 366 g/mol. The number of amides is 1. The van der Waals surface area contributed by atoms with Gasteiger partial charge < -0.3 is 10.1 Å². The second kappa shape index (κ2) is 8.81. The van der Waals surface area contributed by atoms with Crippen LogP contribution >= 0.6 is 27.5 Å². The van der Waals surface area contributed by atoms with E-state index in [9.17, 15) is 4.79 Å². The van der Waals surface area contributed by atoms with Gasteiger partial charge in [0, 0.05) is 16.0 Å². The standard InChI is InChI=1S/C17H17BrClNO2/c18-14-5-9-16(10-6-14)22-12-17(21)20-11-1-2-13-3-7-15(19)8-4-13/h3-10H,1-2,11-12H2,(H,20,21). The molecule has 0 aliphatic rings. The molecule has 0 aromatic heterocycles. The van der Waals surface area contributed by atoms with Crippen molar-refractivity contribution in [1.82, 2.24) is 5.32 Å². The number of carbonyl (C=O) groups excluding carboxylic acids is 1. The van der Waals surface area contributed by atoms with Crippen LogP contribution < -0.4 is 10.1 Å². The quantitative estimate of drug-likeness (QED) is 0.728. The summed E-state index contributed by atoms with van der Waals surface area (Å²) in [5.41, 5.74) is 1.21. The highest BCUT2D eigenvalue weighted by molar-refractivity contribution is 9.10. The number of aryl methyl sites for hydroxylation is 1. The molecule has 5 heteroatoms. The third kappa shape index (κ3) is 6.08. The van der Waals surface area contributed by atoms with Crippen LogP contribution in [0.1, 0.15) is 12.0 Å². The van der Waals surface area contributed by atoms with E-state index in [1.54, 1.807) is 0 Å². The van der Waals surface area contributed by atoms with Crippen molar-refractivity contribution in [3.05, 3.63) is 63.6 Å². The molecule has 0 saturated heterocycles. The van der Waals surface area contributed by atoms with Gasteiger partial charge in [-0.05, 0) is 54.8 Å². The van der Waals surface area contributed by atoms with Crippen LogP contribution in [0, 0.1) is 0 Å². The van der Waals surface area contributed by atoms with E-state index in [0.29, 0.717) is 12.3 Å². The first-order valence-corrected chi connectivity index (χ1v) is 8.20. The molecule has 0 atom stereocenters. The lowest BCUT2D eigenvalue weighted by molar-refractivity contribution is -0.123. The molecule has 22 heavy (non-hydrogen) atoms. The van der Waals surface area contributed by atoms with E-state index in [1.807, 2.05) is 48.5 Å². The number of hydrogen-bond donors (Lipinski definition) is 1. The summed E-state index contributed by atoms with van der Waals surface area (Å²) in [5.74, 6) is 0.568. The molecule has 2 aromatic rings. The van der Waals surface area contributed by atoms with Gasteiger partial charge in [-0.2, -0.15) is 0 Å². The number of rotatable bonds is 7. The molecule has 0 fully saturated rings. The first kappa shape index (κ1) is 16.8. The molecule has 0 heterocycles. The van der Waals surface area contributed by atoms with Crippen molar-refractivity contribution in [2.75, 3.05) is 13.2 Å². The van der Waals surface area contributed by atoms with Gasteiger partial charge >= 0.3 is 0 Å². The summed E-state index contributed by atoms with van der Waals surface area (Å²) in [6, 6.07) is 15.1. The van der Waals surface area contributed by atoms with Gasteiger partial charge in [0.2, 0.25) is 0 Å². The van der Waals surface area contributed by atoms with Crippen LogP contribution in [-0.4, -0.2) is 19.1 Å². The molecule has 3 nitrogen and oxygen atoms in total. The molecule has 116 valence electrons. The van der Waals surface area contributed by atoms with Crippen LogP contribution in [-0.2, 0) is 11.2 Å². The normalized spacial score (nSPS) is 10.3. The molecule has 2 aromatic carbocycles. The number of nitrogens with one attached hydrogen (secondary N) is 1. The first-order valence-electron chi connectivity index (χ1n) is 7.03. The minimum atomic E-state index is -0.112. The van der Waals surface area contributed by atoms with Gasteiger partial charge in [0.05, 0.1) is 0 Å². The van der Waals surface area contributed by atoms with Gasteiger partial charge in [0.25, 0.3) is 5.91 Å². The Morgan fingerprint density at radius 3 is 2.45 bits per heavy atom. The highest BCUT2D eigenvalue weighted by atomic mass is 79.9. The Hall–Kier alpha value is -1.52. The van der Waals surface area contributed by atoms with Crippen LogP contribution in [0.15, 0.2) is 53.0 Å². The zero-order valence-corrected chi connectivity index (χ0v) is 14.4. The molecule has 0 radical (unpaired) electrons. The fourth-order valence-electron chi connectivity index (χ4n) is 1.90. The van der Waals surface area contributed by atoms with E-state index in [-0.39, 0.29) is 12.5 Å². The Balaban J connectivity index is 1.61. The van der Waals surface area contributed by atoms with Gasteiger partial charge in [0.15, 0.2) is 6.61 Å². The Bertz CT molecular complexity index is 599. The van der Waals surface area contributed by atoms with Crippen LogP contribution in [0.25, 0.3) is 0 Å². The predicted molar refractivity (Wildman–Crippen MR) is 92.4 cm³/mol. The van der Waals surface area contributed by atoms with Gasteiger partial charge in [-0.3, -0.25) is 4.79 Å². The zero-order chi connectivity index (χ0) is 15.8. The predicted octanol–water partition coefficient (Wildman–Crippen LogP) is 4.23. The number of hydrogen-bond acceptors (Lipinski definition) is 2. The minimum absolute atomic E-state index is 0.0303. The van der Waals surface area contributed by atoms with Crippen molar-refractivity contribution in [3.8, 4) is 5.75 Å². The van der Waals surface area contributed by atoms with E-state index < -0.39 is 0 Å². The fraction of sp³-hybridized carbons (Fsp3) is 0.235. The number of benzene rings is 2. The molecule has 0 aliphatic heterocycles.